The number of allylic oxidation sites excluding steroid dienone is 1. The van der Waals surface area contributed by atoms with Gasteiger partial charge in [0.05, 0.1) is 0 Å². The number of nitrogens with zero attached hydrogens (tertiary/aromatic N) is 2. The molecule has 30 heavy (non-hydrogen) atoms. The molecule has 0 aliphatic rings. The van der Waals surface area contributed by atoms with Crippen LogP contribution in [0.5, 0.6) is 0 Å². The number of hydrogen-bond donors (Lipinski definition) is 1. The first kappa shape index (κ1) is 21.3. The van der Waals surface area contributed by atoms with E-state index in [0.717, 1.165) is 15.7 Å². The largest absolute Gasteiger partial charge is 0.330 e. The number of aryl methyl sites for hydroxylation is 2. The average molecular weight is 405 g/mol. The highest BCUT2D eigenvalue weighted by molar-refractivity contribution is 5.78. The van der Waals surface area contributed by atoms with Gasteiger partial charge in [0.1, 0.15) is 0 Å². The number of aromatic amines is 1. The summed E-state index contributed by atoms with van der Waals surface area (Å²) in [5.41, 5.74) is 3.18. The van der Waals surface area contributed by atoms with Crippen molar-refractivity contribution in [2.24, 2.45) is 7.05 Å². The Hall–Kier alpha value is -3.41. The topological polar surface area (TPSA) is 76.9 Å². The van der Waals surface area contributed by atoms with Crippen molar-refractivity contribution in [3.8, 4) is 0 Å². The van der Waals surface area contributed by atoms with E-state index in [2.05, 4.69) is 37.9 Å². The predicted octanol–water partition coefficient (Wildman–Crippen LogP) is 2.97. The second kappa shape index (κ2) is 8.14. The molecule has 6 heteroatoms. The van der Waals surface area contributed by atoms with E-state index in [1.807, 2.05) is 18.2 Å². The van der Waals surface area contributed by atoms with Gasteiger partial charge in [0.2, 0.25) is 0 Å². The number of hydrogen-bond acceptors (Lipinski definition) is 3. The fourth-order valence-electron chi connectivity index (χ4n) is 3.20. The third kappa shape index (κ3) is 4.43. The lowest BCUT2D eigenvalue weighted by molar-refractivity contribution is 0.590. The number of aromatic nitrogens is 3. The van der Waals surface area contributed by atoms with Gasteiger partial charge in [-0.3, -0.25) is 14.2 Å². The summed E-state index contributed by atoms with van der Waals surface area (Å²) in [7, 11) is 1.60. The molecule has 156 valence electrons. The van der Waals surface area contributed by atoms with E-state index < -0.39 is 5.69 Å². The van der Waals surface area contributed by atoms with Crippen LogP contribution in [0.2, 0.25) is 0 Å². The number of rotatable bonds is 4. The molecule has 0 atom stereocenters. The summed E-state index contributed by atoms with van der Waals surface area (Å²) >= 11 is 0. The lowest BCUT2D eigenvalue weighted by Gasteiger charge is -2.19. The lowest BCUT2D eigenvalue weighted by Crippen LogP contribution is -2.37. The van der Waals surface area contributed by atoms with E-state index in [9.17, 15) is 14.4 Å². The summed E-state index contributed by atoms with van der Waals surface area (Å²) in [5, 5.41) is 0. The van der Waals surface area contributed by atoms with Crippen LogP contribution in [-0.4, -0.2) is 14.1 Å². The van der Waals surface area contributed by atoms with Gasteiger partial charge in [-0.2, -0.15) is 0 Å². The van der Waals surface area contributed by atoms with E-state index in [1.54, 1.807) is 26.1 Å². The van der Waals surface area contributed by atoms with Crippen molar-refractivity contribution in [1.82, 2.24) is 14.1 Å². The van der Waals surface area contributed by atoms with E-state index in [0.29, 0.717) is 11.3 Å². The van der Waals surface area contributed by atoms with Crippen LogP contribution >= 0.6 is 0 Å². The van der Waals surface area contributed by atoms with Gasteiger partial charge in [-0.25, -0.2) is 4.79 Å². The Morgan fingerprint density at radius 1 is 1.00 bits per heavy atom. The Morgan fingerprint density at radius 2 is 1.67 bits per heavy atom. The Kier molecular flexibility index (Phi) is 5.78. The number of nitrogens with one attached hydrogen (secondary N) is 1. The molecule has 0 bridgehead atoms. The van der Waals surface area contributed by atoms with Crippen LogP contribution in [0.15, 0.2) is 69.1 Å². The maximum atomic E-state index is 12.4. The Balaban J connectivity index is 2.13. The molecular weight excluding hydrogens is 378 g/mol. The summed E-state index contributed by atoms with van der Waals surface area (Å²) in [6.07, 6.45) is 3.25. The molecule has 1 N–H and O–H groups in total. The van der Waals surface area contributed by atoms with Gasteiger partial charge in [-0.1, -0.05) is 57.2 Å². The Bertz CT molecular complexity index is 1270. The molecule has 2 aromatic heterocycles. The van der Waals surface area contributed by atoms with Crippen LogP contribution in [-0.2, 0) is 19.0 Å². The van der Waals surface area contributed by atoms with Gasteiger partial charge < -0.3 is 9.55 Å². The average Bonchev–Trinajstić information content (AvgIpc) is 2.69. The van der Waals surface area contributed by atoms with Crippen molar-refractivity contribution < 1.29 is 0 Å². The summed E-state index contributed by atoms with van der Waals surface area (Å²) in [5.74, 6) is 0. The monoisotopic (exact) mass is 405 g/mol. The van der Waals surface area contributed by atoms with Crippen molar-refractivity contribution in [3.63, 3.8) is 0 Å². The number of benzene rings is 1. The molecular formula is C24H27N3O3. The second-order valence-electron chi connectivity index (χ2n) is 8.49. The molecule has 0 aliphatic heterocycles. The molecule has 0 radical (unpaired) electrons. The zero-order chi connectivity index (χ0) is 22.1. The zero-order valence-corrected chi connectivity index (χ0v) is 18.0. The molecule has 0 saturated carbocycles. The van der Waals surface area contributed by atoms with Gasteiger partial charge in [-0.15, -0.1) is 0 Å². The van der Waals surface area contributed by atoms with Crippen molar-refractivity contribution in [2.75, 3.05) is 0 Å². The second-order valence-corrected chi connectivity index (χ2v) is 8.49. The first-order chi connectivity index (χ1) is 14.1. The van der Waals surface area contributed by atoms with Gasteiger partial charge >= 0.3 is 5.69 Å². The summed E-state index contributed by atoms with van der Waals surface area (Å²) in [6.45, 7) is 8.28. The maximum Gasteiger partial charge on any atom is 0.330 e. The van der Waals surface area contributed by atoms with Gasteiger partial charge in [0, 0.05) is 42.7 Å². The standard InChI is InChI=1S/C24H27N3O3/c1-16-6-11-20(25-22(16)29)19(17-7-9-18(10-8-17)24(2,3)4)12-15-27-21(28)13-14-26(5)23(27)30/h6-14H,15H2,1-5H3,(H,25,29)/b19-12+. The molecule has 6 nitrogen and oxygen atoms in total. The first-order valence-corrected chi connectivity index (χ1v) is 9.86. The smallest absolute Gasteiger partial charge is 0.322 e. The minimum absolute atomic E-state index is 0.0180. The molecule has 0 aliphatic carbocycles. The zero-order valence-electron chi connectivity index (χ0n) is 18.0. The van der Waals surface area contributed by atoms with Crippen LogP contribution in [0.1, 0.15) is 43.2 Å². The molecule has 2 heterocycles. The van der Waals surface area contributed by atoms with Gasteiger partial charge in [0.25, 0.3) is 11.1 Å². The lowest BCUT2D eigenvalue weighted by atomic mass is 9.86. The van der Waals surface area contributed by atoms with Crippen LogP contribution in [0.3, 0.4) is 0 Å². The van der Waals surface area contributed by atoms with E-state index >= 15 is 0 Å². The molecule has 0 spiro atoms. The van der Waals surface area contributed by atoms with Crippen molar-refractivity contribution in [3.05, 3.63) is 108 Å². The molecule has 3 aromatic rings. The van der Waals surface area contributed by atoms with Crippen LogP contribution in [0, 0.1) is 6.92 Å². The summed E-state index contributed by atoms with van der Waals surface area (Å²) < 4.78 is 2.52. The molecule has 0 unspecified atom stereocenters. The quantitative estimate of drug-likeness (QED) is 0.725. The third-order valence-corrected chi connectivity index (χ3v) is 5.18. The fourth-order valence-corrected chi connectivity index (χ4v) is 3.20. The van der Waals surface area contributed by atoms with E-state index in [1.165, 1.54) is 22.4 Å². The molecule has 1 aromatic carbocycles. The SMILES string of the molecule is Cc1ccc(/C(=C/Cn2c(=O)ccn(C)c2=O)c2ccc(C(C)(C)C)cc2)[nH]c1=O. The van der Waals surface area contributed by atoms with Gasteiger partial charge in [0.15, 0.2) is 0 Å². The van der Waals surface area contributed by atoms with Crippen LogP contribution < -0.4 is 16.8 Å². The molecule has 0 fully saturated rings. The highest BCUT2D eigenvalue weighted by Gasteiger charge is 2.14. The van der Waals surface area contributed by atoms with Crippen molar-refractivity contribution >= 4 is 5.57 Å². The van der Waals surface area contributed by atoms with Crippen LogP contribution in [0.25, 0.3) is 5.57 Å². The maximum absolute atomic E-state index is 12.4. The highest BCUT2D eigenvalue weighted by atomic mass is 16.2. The van der Waals surface area contributed by atoms with Gasteiger partial charge in [-0.05, 0) is 29.5 Å². The third-order valence-electron chi connectivity index (χ3n) is 5.18. The molecule has 0 saturated heterocycles. The highest BCUT2D eigenvalue weighted by Crippen LogP contribution is 2.26. The summed E-state index contributed by atoms with van der Waals surface area (Å²) in [4.78, 5) is 39.7. The number of H-pyrrole nitrogens is 1. The molecule has 0 amide bonds. The van der Waals surface area contributed by atoms with Crippen molar-refractivity contribution in [2.45, 2.75) is 39.7 Å². The van der Waals surface area contributed by atoms with Crippen LogP contribution in [0.4, 0.5) is 0 Å². The Labute approximate surface area is 175 Å². The van der Waals surface area contributed by atoms with E-state index in [-0.39, 0.29) is 23.1 Å². The molecule has 3 rings (SSSR count). The van der Waals surface area contributed by atoms with Crippen molar-refractivity contribution in [1.29, 1.82) is 0 Å². The fraction of sp³-hybridized carbons (Fsp3) is 0.292. The minimum atomic E-state index is -0.390. The van der Waals surface area contributed by atoms with E-state index in [4.69, 9.17) is 0 Å². The minimum Gasteiger partial charge on any atom is -0.322 e. The predicted molar refractivity (Wildman–Crippen MR) is 120 cm³/mol. The first-order valence-electron chi connectivity index (χ1n) is 9.86. The normalized spacial score (nSPS) is 12.2. The Morgan fingerprint density at radius 3 is 2.27 bits per heavy atom. The summed E-state index contributed by atoms with van der Waals surface area (Å²) in [6, 6.07) is 13.1. The number of pyridine rings is 1.